The number of rotatable bonds is 6. The maximum atomic E-state index is 5.43. The van der Waals surface area contributed by atoms with Crippen LogP contribution in [0.4, 0.5) is 0 Å². The Morgan fingerprint density at radius 1 is 1.41 bits per heavy atom. The van der Waals surface area contributed by atoms with E-state index in [1.807, 2.05) is 19.2 Å². The van der Waals surface area contributed by atoms with Crippen LogP contribution in [0.25, 0.3) is 0 Å². The van der Waals surface area contributed by atoms with E-state index in [0.29, 0.717) is 0 Å². The van der Waals surface area contributed by atoms with E-state index in [0.717, 1.165) is 29.6 Å². The highest BCUT2D eigenvalue weighted by Crippen LogP contribution is 2.32. The first-order valence-electron chi connectivity index (χ1n) is 6.01. The van der Waals surface area contributed by atoms with Crippen molar-refractivity contribution in [2.75, 3.05) is 20.7 Å². The highest BCUT2D eigenvalue weighted by molar-refractivity contribution is 9.10. The smallest absolute Gasteiger partial charge is 0.122 e. The third-order valence-corrected chi connectivity index (χ3v) is 3.81. The number of hydrogen-bond donors (Lipinski definition) is 1. The van der Waals surface area contributed by atoms with Gasteiger partial charge in [-0.3, -0.25) is 0 Å². The maximum Gasteiger partial charge on any atom is 0.122 e. The highest BCUT2D eigenvalue weighted by atomic mass is 79.9. The minimum atomic E-state index is 0.267. The van der Waals surface area contributed by atoms with E-state index in [2.05, 4.69) is 41.2 Å². The van der Waals surface area contributed by atoms with E-state index in [9.17, 15) is 0 Å². The zero-order valence-corrected chi connectivity index (χ0v) is 12.7. The van der Waals surface area contributed by atoms with Gasteiger partial charge in [0.05, 0.1) is 7.11 Å². The van der Waals surface area contributed by atoms with Gasteiger partial charge in [-0.2, -0.15) is 0 Å². The van der Waals surface area contributed by atoms with Crippen molar-refractivity contribution < 1.29 is 4.74 Å². The van der Waals surface area contributed by atoms with Crippen molar-refractivity contribution in [3.05, 3.63) is 28.2 Å². The standard InChI is InChI=1S/C14H22BrNO/c1-5-14(2,10-16-3)9-11-8-12(15)6-7-13(11)17-4/h6-8,16H,5,9-10H2,1-4H3. The second-order valence-corrected chi connectivity index (χ2v) is 5.74. The molecule has 1 atom stereocenters. The van der Waals surface area contributed by atoms with Gasteiger partial charge in [-0.15, -0.1) is 0 Å². The lowest BCUT2D eigenvalue weighted by Gasteiger charge is -2.29. The first-order valence-corrected chi connectivity index (χ1v) is 6.81. The van der Waals surface area contributed by atoms with Crippen molar-refractivity contribution in [3.63, 3.8) is 0 Å². The van der Waals surface area contributed by atoms with Crippen molar-refractivity contribution in [2.24, 2.45) is 5.41 Å². The maximum absolute atomic E-state index is 5.43. The fourth-order valence-electron chi connectivity index (χ4n) is 2.08. The van der Waals surface area contributed by atoms with Gasteiger partial charge < -0.3 is 10.1 Å². The molecule has 0 saturated heterocycles. The summed E-state index contributed by atoms with van der Waals surface area (Å²) in [6.45, 7) is 5.56. The van der Waals surface area contributed by atoms with Gasteiger partial charge >= 0.3 is 0 Å². The largest absolute Gasteiger partial charge is 0.496 e. The molecule has 0 aliphatic heterocycles. The van der Waals surface area contributed by atoms with Gasteiger partial charge in [0.25, 0.3) is 0 Å². The van der Waals surface area contributed by atoms with E-state index in [-0.39, 0.29) is 5.41 Å². The number of nitrogens with one attached hydrogen (secondary N) is 1. The van der Waals surface area contributed by atoms with Crippen LogP contribution < -0.4 is 10.1 Å². The summed E-state index contributed by atoms with van der Waals surface area (Å²) in [4.78, 5) is 0. The summed E-state index contributed by atoms with van der Waals surface area (Å²) >= 11 is 3.52. The van der Waals surface area contributed by atoms with Gasteiger partial charge in [0, 0.05) is 11.0 Å². The molecule has 0 spiro atoms. The SMILES string of the molecule is CCC(C)(CNC)Cc1cc(Br)ccc1OC. The summed E-state index contributed by atoms with van der Waals surface area (Å²) in [6.07, 6.45) is 2.16. The normalized spacial score (nSPS) is 14.4. The Bertz CT molecular complexity index is 367. The summed E-state index contributed by atoms with van der Waals surface area (Å²) < 4.78 is 6.54. The zero-order valence-electron chi connectivity index (χ0n) is 11.1. The summed E-state index contributed by atoms with van der Waals surface area (Å²) in [7, 11) is 3.74. The van der Waals surface area contributed by atoms with Crippen molar-refractivity contribution >= 4 is 15.9 Å². The lowest BCUT2D eigenvalue weighted by Crippen LogP contribution is -2.31. The molecule has 1 aromatic carbocycles. The number of halogens is 1. The quantitative estimate of drug-likeness (QED) is 0.866. The minimum absolute atomic E-state index is 0.267. The number of ether oxygens (including phenoxy) is 1. The van der Waals surface area contributed by atoms with Crippen molar-refractivity contribution in [2.45, 2.75) is 26.7 Å². The molecule has 0 aromatic heterocycles. The van der Waals surface area contributed by atoms with Crippen molar-refractivity contribution in [3.8, 4) is 5.75 Å². The molecule has 0 aliphatic rings. The van der Waals surface area contributed by atoms with E-state index in [1.165, 1.54) is 5.56 Å². The van der Waals surface area contributed by atoms with Crippen molar-refractivity contribution in [1.29, 1.82) is 0 Å². The summed E-state index contributed by atoms with van der Waals surface area (Å²) in [5, 5.41) is 3.28. The molecule has 96 valence electrons. The number of benzene rings is 1. The van der Waals surface area contributed by atoms with Gasteiger partial charge in [0.2, 0.25) is 0 Å². The number of methoxy groups -OCH3 is 1. The molecule has 3 heteroatoms. The fraction of sp³-hybridized carbons (Fsp3) is 0.571. The Kier molecular flexibility index (Phi) is 5.47. The molecule has 1 aromatic rings. The molecule has 0 radical (unpaired) electrons. The fourth-order valence-corrected chi connectivity index (χ4v) is 2.49. The average molecular weight is 300 g/mol. The molecule has 17 heavy (non-hydrogen) atoms. The van der Waals surface area contributed by atoms with Crippen LogP contribution >= 0.6 is 15.9 Å². The summed E-state index contributed by atoms with van der Waals surface area (Å²) in [5.41, 5.74) is 1.53. The topological polar surface area (TPSA) is 21.3 Å². The molecule has 0 fully saturated rings. The highest BCUT2D eigenvalue weighted by Gasteiger charge is 2.23. The Hall–Kier alpha value is -0.540. The molecule has 0 bridgehead atoms. The Morgan fingerprint density at radius 2 is 2.12 bits per heavy atom. The molecule has 1 unspecified atom stereocenters. The Balaban J connectivity index is 2.95. The zero-order chi connectivity index (χ0) is 12.9. The number of hydrogen-bond acceptors (Lipinski definition) is 2. The van der Waals surface area contributed by atoms with Crippen LogP contribution in [0.1, 0.15) is 25.8 Å². The first-order chi connectivity index (χ1) is 8.04. The van der Waals surface area contributed by atoms with Gasteiger partial charge in [-0.1, -0.05) is 29.8 Å². The van der Waals surface area contributed by atoms with Gasteiger partial charge in [-0.05, 0) is 49.1 Å². The molecule has 1 rings (SSSR count). The van der Waals surface area contributed by atoms with Crippen LogP contribution in [0.5, 0.6) is 5.75 Å². The van der Waals surface area contributed by atoms with Crippen LogP contribution in [-0.4, -0.2) is 20.7 Å². The molecule has 0 amide bonds. The Labute approximate surface area is 113 Å². The minimum Gasteiger partial charge on any atom is -0.496 e. The van der Waals surface area contributed by atoms with Crippen molar-refractivity contribution in [1.82, 2.24) is 5.32 Å². The molecule has 0 aliphatic carbocycles. The first kappa shape index (κ1) is 14.5. The van der Waals surface area contributed by atoms with Crippen LogP contribution in [0, 0.1) is 5.41 Å². The second kappa shape index (κ2) is 6.41. The van der Waals surface area contributed by atoms with E-state index in [4.69, 9.17) is 4.74 Å². The third kappa shape index (κ3) is 4.00. The second-order valence-electron chi connectivity index (χ2n) is 4.83. The van der Waals surface area contributed by atoms with E-state index < -0.39 is 0 Å². The molecule has 2 nitrogen and oxygen atoms in total. The summed E-state index contributed by atoms with van der Waals surface area (Å²) in [5.74, 6) is 0.976. The van der Waals surface area contributed by atoms with Crippen LogP contribution in [0.2, 0.25) is 0 Å². The van der Waals surface area contributed by atoms with E-state index >= 15 is 0 Å². The average Bonchev–Trinajstić information content (AvgIpc) is 2.29. The third-order valence-electron chi connectivity index (χ3n) is 3.32. The van der Waals surface area contributed by atoms with E-state index in [1.54, 1.807) is 7.11 Å². The van der Waals surface area contributed by atoms with Crippen LogP contribution in [0.3, 0.4) is 0 Å². The molecule has 0 saturated carbocycles. The summed E-state index contributed by atoms with van der Waals surface area (Å²) in [6, 6.07) is 6.20. The Morgan fingerprint density at radius 3 is 2.65 bits per heavy atom. The van der Waals surface area contributed by atoms with Gasteiger partial charge in [0.15, 0.2) is 0 Å². The molecule has 1 N–H and O–H groups in total. The molecular formula is C14H22BrNO. The predicted octanol–water partition coefficient (Wildman–Crippen LogP) is 3.64. The van der Waals surface area contributed by atoms with Crippen LogP contribution in [0.15, 0.2) is 22.7 Å². The molecule has 0 heterocycles. The monoisotopic (exact) mass is 299 g/mol. The van der Waals surface area contributed by atoms with Gasteiger partial charge in [-0.25, -0.2) is 0 Å². The van der Waals surface area contributed by atoms with Gasteiger partial charge in [0.1, 0.15) is 5.75 Å². The predicted molar refractivity (Wildman–Crippen MR) is 76.7 cm³/mol. The lowest BCUT2D eigenvalue weighted by atomic mass is 9.81. The van der Waals surface area contributed by atoms with Crippen LogP contribution in [-0.2, 0) is 6.42 Å². The lowest BCUT2D eigenvalue weighted by molar-refractivity contribution is 0.293. The molecular weight excluding hydrogens is 278 g/mol.